The van der Waals surface area contributed by atoms with Crippen molar-refractivity contribution in [2.24, 2.45) is 10.8 Å². The monoisotopic (exact) mass is 488 g/mol. The SMILES string of the molecule is CCC(C)(COC(C(F)(F)F)C(F)(F)F)C(=O)OC1C2CC3(C(F)(F)F)C(=O)OC1C3O2. The Kier molecular flexibility index (Phi) is 5.72. The van der Waals surface area contributed by atoms with E-state index in [0.29, 0.717) is 0 Å². The van der Waals surface area contributed by atoms with Gasteiger partial charge >= 0.3 is 30.5 Å². The number of halogens is 9. The lowest BCUT2D eigenvalue weighted by Gasteiger charge is -2.33. The summed E-state index contributed by atoms with van der Waals surface area (Å²) < 4.78 is 135. The van der Waals surface area contributed by atoms with Crippen LogP contribution in [-0.2, 0) is 28.5 Å². The fraction of sp³-hybridized carbons (Fsp3) is 0.882. The molecule has 2 bridgehead atoms. The van der Waals surface area contributed by atoms with Gasteiger partial charge in [-0.3, -0.25) is 9.59 Å². The van der Waals surface area contributed by atoms with E-state index in [1.165, 1.54) is 6.92 Å². The highest BCUT2D eigenvalue weighted by atomic mass is 19.4. The zero-order valence-corrected chi connectivity index (χ0v) is 16.4. The second-order valence-electron chi connectivity index (χ2n) is 8.20. The molecule has 6 unspecified atom stereocenters. The molecule has 0 saturated carbocycles. The molecule has 0 N–H and O–H groups in total. The molecule has 15 heteroatoms. The molecule has 3 aliphatic rings. The first-order valence-electron chi connectivity index (χ1n) is 9.28. The van der Waals surface area contributed by atoms with Gasteiger partial charge in [-0.05, 0) is 13.3 Å². The molecule has 0 aromatic heterocycles. The van der Waals surface area contributed by atoms with Crippen molar-refractivity contribution in [1.82, 2.24) is 0 Å². The molecule has 3 aliphatic heterocycles. The number of alkyl halides is 9. The molecule has 3 heterocycles. The number of esters is 2. The topological polar surface area (TPSA) is 71.1 Å². The molecule has 0 aliphatic carbocycles. The minimum atomic E-state index is -5.80. The molecule has 3 fully saturated rings. The van der Waals surface area contributed by atoms with Crippen molar-refractivity contribution in [1.29, 1.82) is 0 Å². The van der Waals surface area contributed by atoms with E-state index in [2.05, 4.69) is 4.74 Å². The number of carbonyl (C=O) groups excluding carboxylic acids is 2. The van der Waals surface area contributed by atoms with Gasteiger partial charge in [0.05, 0.1) is 12.0 Å². The first-order valence-corrected chi connectivity index (χ1v) is 9.28. The largest absolute Gasteiger partial charge is 0.455 e. The fourth-order valence-electron chi connectivity index (χ4n) is 4.03. The zero-order valence-electron chi connectivity index (χ0n) is 16.4. The molecular weight excluding hydrogens is 471 g/mol. The van der Waals surface area contributed by atoms with Crippen LogP contribution in [0.4, 0.5) is 39.5 Å². The summed E-state index contributed by atoms with van der Waals surface area (Å²) in [5.41, 5.74) is -4.92. The van der Waals surface area contributed by atoms with Gasteiger partial charge in [0.15, 0.2) is 17.6 Å². The average molecular weight is 488 g/mol. The predicted molar refractivity (Wildman–Crippen MR) is 81.8 cm³/mol. The van der Waals surface area contributed by atoms with Crippen LogP contribution < -0.4 is 0 Å². The highest BCUT2D eigenvalue weighted by molar-refractivity contribution is 5.83. The Balaban J connectivity index is 1.72. The van der Waals surface area contributed by atoms with Crippen LogP contribution >= 0.6 is 0 Å². The fourth-order valence-corrected chi connectivity index (χ4v) is 4.03. The van der Waals surface area contributed by atoms with Crippen molar-refractivity contribution in [3.05, 3.63) is 0 Å². The Morgan fingerprint density at radius 1 is 1.12 bits per heavy atom. The summed E-state index contributed by atoms with van der Waals surface area (Å²) in [6.07, 6.45) is -28.2. The highest BCUT2D eigenvalue weighted by Crippen LogP contribution is 2.62. The van der Waals surface area contributed by atoms with Crippen molar-refractivity contribution in [2.45, 2.75) is 75.7 Å². The van der Waals surface area contributed by atoms with Crippen LogP contribution in [-0.4, -0.2) is 67.6 Å². The van der Waals surface area contributed by atoms with E-state index in [1.54, 1.807) is 0 Å². The number of carbonyl (C=O) groups is 2. The van der Waals surface area contributed by atoms with Gasteiger partial charge in [0.25, 0.3) is 0 Å². The van der Waals surface area contributed by atoms with Crippen molar-refractivity contribution >= 4 is 11.9 Å². The van der Waals surface area contributed by atoms with E-state index in [4.69, 9.17) is 14.2 Å². The molecule has 3 rings (SSSR count). The summed E-state index contributed by atoms with van der Waals surface area (Å²) >= 11 is 0. The van der Waals surface area contributed by atoms with Crippen LogP contribution in [0.3, 0.4) is 0 Å². The lowest BCUT2D eigenvalue weighted by atomic mass is 9.73. The standard InChI is InChI=1S/C17H17F9O6/c1-3-13(2,5-29-10(15(18,19)20)16(21,22)23)11(27)31-7-6-4-14(17(24,25)26)9(30-6)8(7)32-12(14)28/h6-10H,3-5H2,1-2H3. The van der Waals surface area contributed by atoms with E-state index in [-0.39, 0.29) is 6.42 Å². The summed E-state index contributed by atoms with van der Waals surface area (Å²) in [4.78, 5) is 24.5. The lowest BCUT2D eigenvalue weighted by molar-refractivity contribution is -0.325. The summed E-state index contributed by atoms with van der Waals surface area (Å²) in [7, 11) is 0. The molecule has 32 heavy (non-hydrogen) atoms. The summed E-state index contributed by atoms with van der Waals surface area (Å²) in [6, 6.07) is 0. The van der Waals surface area contributed by atoms with E-state index >= 15 is 0 Å². The molecular formula is C17H17F9O6. The Morgan fingerprint density at radius 2 is 1.69 bits per heavy atom. The quantitative estimate of drug-likeness (QED) is 0.422. The minimum absolute atomic E-state index is 0.327. The minimum Gasteiger partial charge on any atom is -0.455 e. The maximum absolute atomic E-state index is 13.5. The van der Waals surface area contributed by atoms with Gasteiger partial charge in [-0.2, -0.15) is 39.5 Å². The molecule has 6 atom stereocenters. The van der Waals surface area contributed by atoms with Gasteiger partial charge in [0.1, 0.15) is 12.2 Å². The number of ether oxygens (including phenoxy) is 4. The first-order chi connectivity index (χ1) is 14.4. The number of hydrogen-bond acceptors (Lipinski definition) is 6. The van der Waals surface area contributed by atoms with Crippen molar-refractivity contribution < 1.29 is 68.1 Å². The zero-order chi connectivity index (χ0) is 24.5. The number of hydrogen-bond donors (Lipinski definition) is 0. The Morgan fingerprint density at radius 3 is 2.16 bits per heavy atom. The van der Waals surface area contributed by atoms with E-state index < -0.39 is 84.8 Å². The third kappa shape index (κ3) is 3.70. The van der Waals surface area contributed by atoms with Crippen LogP contribution in [0.1, 0.15) is 26.7 Å². The second kappa shape index (κ2) is 7.37. The van der Waals surface area contributed by atoms with Gasteiger partial charge in [-0.25, -0.2) is 0 Å². The summed E-state index contributed by atoms with van der Waals surface area (Å²) in [5.74, 6) is -2.93. The van der Waals surface area contributed by atoms with Crippen molar-refractivity contribution in [3.63, 3.8) is 0 Å². The van der Waals surface area contributed by atoms with Crippen LogP contribution in [0.25, 0.3) is 0 Å². The van der Waals surface area contributed by atoms with Crippen LogP contribution in [0.5, 0.6) is 0 Å². The molecule has 0 spiro atoms. The predicted octanol–water partition coefficient (Wildman–Crippen LogP) is 3.47. The van der Waals surface area contributed by atoms with Gasteiger partial charge in [-0.15, -0.1) is 0 Å². The third-order valence-corrected chi connectivity index (χ3v) is 6.11. The maximum atomic E-state index is 13.5. The van der Waals surface area contributed by atoms with Gasteiger partial charge < -0.3 is 18.9 Å². The second-order valence-corrected chi connectivity index (χ2v) is 8.20. The molecule has 3 saturated heterocycles. The average Bonchev–Trinajstić information content (AvgIpc) is 3.21. The third-order valence-electron chi connectivity index (χ3n) is 6.11. The van der Waals surface area contributed by atoms with E-state index in [0.717, 1.165) is 6.92 Å². The Labute approximate surface area is 174 Å². The van der Waals surface area contributed by atoms with Crippen molar-refractivity contribution in [2.75, 3.05) is 6.61 Å². The molecule has 0 aromatic carbocycles. The normalized spacial score (nSPS) is 34.1. The van der Waals surface area contributed by atoms with E-state index in [9.17, 15) is 49.1 Å². The summed E-state index contributed by atoms with van der Waals surface area (Å²) in [6.45, 7) is 0.904. The Hall–Kier alpha value is -1.77. The molecule has 0 amide bonds. The van der Waals surface area contributed by atoms with Gasteiger partial charge in [-0.1, -0.05) is 6.92 Å². The van der Waals surface area contributed by atoms with Crippen LogP contribution in [0.15, 0.2) is 0 Å². The highest BCUT2D eigenvalue weighted by Gasteiger charge is 2.82. The maximum Gasteiger partial charge on any atom is 0.423 e. The summed E-state index contributed by atoms with van der Waals surface area (Å²) in [5, 5.41) is 0. The van der Waals surface area contributed by atoms with Crippen molar-refractivity contribution in [3.8, 4) is 0 Å². The number of rotatable bonds is 6. The van der Waals surface area contributed by atoms with Gasteiger partial charge in [0.2, 0.25) is 6.10 Å². The van der Waals surface area contributed by atoms with E-state index in [1.807, 2.05) is 0 Å². The van der Waals surface area contributed by atoms with Crippen LogP contribution in [0, 0.1) is 10.8 Å². The molecule has 184 valence electrons. The first kappa shape index (κ1) is 24.9. The Bertz CT molecular complexity index is 764. The van der Waals surface area contributed by atoms with Crippen LogP contribution in [0.2, 0.25) is 0 Å². The smallest absolute Gasteiger partial charge is 0.423 e. The van der Waals surface area contributed by atoms with Gasteiger partial charge in [0, 0.05) is 6.42 Å². The number of fused-ring (bicyclic) bond motifs is 1. The molecule has 0 aromatic rings. The molecule has 6 nitrogen and oxygen atoms in total. The lowest BCUT2D eigenvalue weighted by Crippen LogP contribution is -2.53. The molecule has 0 radical (unpaired) electrons.